The molecule has 1 aliphatic carbocycles. The zero-order valence-corrected chi connectivity index (χ0v) is 20.4. The van der Waals surface area contributed by atoms with Gasteiger partial charge in [-0.3, -0.25) is 4.90 Å². The number of fused-ring (bicyclic) bond motifs is 7. The van der Waals surface area contributed by atoms with Crippen LogP contribution in [0.15, 0.2) is 27.4 Å². The third-order valence-electron chi connectivity index (χ3n) is 7.60. The van der Waals surface area contributed by atoms with Crippen molar-refractivity contribution in [2.75, 3.05) is 32.7 Å². The van der Waals surface area contributed by atoms with Crippen molar-refractivity contribution in [3.05, 3.63) is 45.3 Å². The first-order valence-corrected chi connectivity index (χ1v) is 11.6. The summed E-state index contributed by atoms with van der Waals surface area (Å²) in [6.45, 7) is 10.9. The van der Waals surface area contributed by atoms with Crippen molar-refractivity contribution in [3.8, 4) is 0 Å². The van der Waals surface area contributed by atoms with E-state index in [2.05, 4.69) is 41.8 Å². The van der Waals surface area contributed by atoms with Gasteiger partial charge in [-0.25, -0.2) is 4.79 Å². The topological polar surface area (TPSA) is 36.7 Å². The first-order chi connectivity index (χ1) is 14.1. The fourth-order valence-corrected chi connectivity index (χ4v) is 5.75. The molecule has 172 valence electrons. The lowest BCUT2D eigenvalue weighted by Crippen LogP contribution is -2.40. The Bertz CT molecular complexity index is 936. The molecule has 31 heavy (non-hydrogen) atoms. The average molecular weight is 467 g/mol. The summed E-state index contributed by atoms with van der Waals surface area (Å²) in [6.07, 6.45) is 6.69. The Kier molecular flexibility index (Phi) is 8.12. The van der Waals surface area contributed by atoms with Gasteiger partial charge in [0.05, 0.1) is 5.56 Å². The minimum absolute atomic E-state index is 0. The van der Waals surface area contributed by atoms with Gasteiger partial charge in [-0.15, -0.1) is 24.8 Å². The highest BCUT2D eigenvalue weighted by Gasteiger charge is 2.30. The van der Waals surface area contributed by atoms with Gasteiger partial charge < -0.3 is 9.32 Å². The van der Waals surface area contributed by atoms with Crippen LogP contribution < -0.4 is 5.63 Å². The standard InChI is InChI=1S/C25H34N2O2.2ClH/c1-17(2)20-7-8-22-21-9-10-26(16-23(21)25(28)29-24(22)13-20)11-12-27-14-18-3-4-19(15-27)6-5-18;;/h7-8,13,17-19H,3-6,9-12,14-16H2,1-2H3;2*1H. The largest absolute Gasteiger partial charge is 0.422 e. The molecule has 1 saturated carbocycles. The first kappa shape index (κ1) is 24.6. The zero-order valence-electron chi connectivity index (χ0n) is 18.8. The van der Waals surface area contributed by atoms with Gasteiger partial charge >= 0.3 is 5.63 Å². The first-order valence-electron chi connectivity index (χ1n) is 11.6. The molecular weight excluding hydrogens is 431 g/mol. The van der Waals surface area contributed by atoms with Crippen molar-refractivity contribution >= 4 is 35.8 Å². The SMILES string of the molecule is CC(C)c1ccc2c3c(c(=O)oc2c1)CN(CCN1CC2CCC(CC2)C1)CC3.Cl.Cl. The zero-order chi connectivity index (χ0) is 20.0. The smallest absolute Gasteiger partial charge is 0.341 e. The molecule has 2 saturated heterocycles. The van der Waals surface area contributed by atoms with Gasteiger partial charge in [-0.05, 0) is 67.1 Å². The van der Waals surface area contributed by atoms with Gasteiger partial charge in [0.25, 0.3) is 0 Å². The Balaban J connectivity index is 0.00000136. The van der Waals surface area contributed by atoms with Crippen LogP contribution in [0.1, 0.15) is 62.1 Å². The normalized spacial score (nSPS) is 23.8. The van der Waals surface area contributed by atoms with E-state index >= 15 is 0 Å². The maximum absolute atomic E-state index is 12.7. The van der Waals surface area contributed by atoms with Crippen LogP contribution in [0, 0.1) is 11.8 Å². The molecule has 0 N–H and O–H groups in total. The second-order valence-electron chi connectivity index (χ2n) is 9.93. The van der Waals surface area contributed by atoms with Crippen molar-refractivity contribution in [1.29, 1.82) is 0 Å². The Morgan fingerprint density at radius 2 is 1.61 bits per heavy atom. The van der Waals surface area contributed by atoms with E-state index in [1.165, 1.54) is 49.9 Å². The van der Waals surface area contributed by atoms with Crippen molar-refractivity contribution in [3.63, 3.8) is 0 Å². The number of hydrogen-bond acceptors (Lipinski definition) is 4. The molecule has 6 rings (SSSR count). The van der Waals surface area contributed by atoms with Crippen LogP contribution in [0.4, 0.5) is 0 Å². The predicted molar refractivity (Wildman–Crippen MR) is 132 cm³/mol. The third-order valence-corrected chi connectivity index (χ3v) is 7.60. The molecule has 1 aromatic heterocycles. The van der Waals surface area contributed by atoms with Crippen LogP contribution in [-0.4, -0.2) is 42.5 Å². The van der Waals surface area contributed by atoms with Crippen molar-refractivity contribution in [2.45, 2.75) is 58.4 Å². The predicted octanol–water partition coefficient (Wildman–Crippen LogP) is 5.24. The molecule has 4 heterocycles. The Labute approximate surface area is 198 Å². The highest BCUT2D eigenvalue weighted by Crippen LogP contribution is 2.34. The second-order valence-corrected chi connectivity index (χ2v) is 9.93. The summed E-state index contributed by atoms with van der Waals surface area (Å²) in [5.41, 5.74) is 3.96. The highest BCUT2D eigenvalue weighted by atomic mass is 35.5. The molecule has 4 nitrogen and oxygen atoms in total. The summed E-state index contributed by atoms with van der Waals surface area (Å²) in [4.78, 5) is 17.9. The summed E-state index contributed by atoms with van der Waals surface area (Å²) in [7, 11) is 0. The minimum atomic E-state index is -0.133. The van der Waals surface area contributed by atoms with E-state index in [4.69, 9.17) is 4.42 Å². The lowest BCUT2D eigenvalue weighted by molar-refractivity contribution is 0.182. The Hall–Kier alpha value is -1.07. The molecule has 2 aromatic rings. The van der Waals surface area contributed by atoms with Crippen LogP contribution in [0.5, 0.6) is 0 Å². The highest BCUT2D eigenvalue weighted by molar-refractivity contribution is 5.85. The van der Waals surface area contributed by atoms with E-state index in [0.29, 0.717) is 5.92 Å². The van der Waals surface area contributed by atoms with Crippen molar-refractivity contribution in [1.82, 2.24) is 9.80 Å². The molecule has 3 aliphatic heterocycles. The number of halogens is 2. The van der Waals surface area contributed by atoms with Gasteiger partial charge in [0.15, 0.2) is 0 Å². The molecule has 6 heteroatoms. The van der Waals surface area contributed by atoms with Crippen LogP contribution in [0.2, 0.25) is 0 Å². The van der Waals surface area contributed by atoms with Crippen LogP contribution >= 0.6 is 24.8 Å². The van der Waals surface area contributed by atoms with Crippen LogP contribution in [-0.2, 0) is 13.0 Å². The molecule has 0 unspecified atom stereocenters. The molecule has 4 aliphatic rings. The van der Waals surface area contributed by atoms with Gasteiger partial charge in [0, 0.05) is 44.7 Å². The number of benzene rings is 1. The van der Waals surface area contributed by atoms with E-state index < -0.39 is 0 Å². The summed E-state index contributed by atoms with van der Waals surface area (Å²) in [5, 5.41) is 1.13. The molecule has 0 spiro atoms. The summed E-state index contributed by atoms with van der Waals surface area (Å²) < 4.78 is 5.75. The fourth-order valence-electron chi connectivity index (χ4n) is 5.75. The summed E-state index contributed by atoms with van der Waals surface area (Å²) in [5.74, 6) is 2.28. The lowest BCUT2D eigenvalue weighted by atomic mass is 9.84. The van der Waals surface area contributed by atoms with E-state index in [9.17, 15) is 4.79 Å². The average Bonchev–Trinajstić information content (AvgIpc) is 3.05. The number of nitrogens with zero attached hydrogens (tertiary/aromatic N) is 2. The minimum Gasteiger partial charge on any atom is -0.422 e. The van der Waals surface area contributed by atoms with Crippen molar-refractivity contribution in [2.24, 2.45) is 11.8 Å². The molecule has 0 radical (unpaired) electrons. The molecule has 1 aromatic carbocycles. The van der Waals surface area contributed by atoms with Gasteiger partial charge in [-0.1, -0.05) is 26.0 Å². The van der Waals surface area contributed by atoms with Gasteiger partial charge in [0.1, 0.15) is 5.58 Å². The van der Waals surface area contributed by atoms with Gasteiger partial charge in [-0.2, -0.15) is 0 Å². The Morgan fingerprint density at radius 3 is 2.26 bits per heavy atom. The van der Waals surface area contributed by atoms with Crippen LogP contribution in [0.25, 0.3) is 11.0 Å². The fraction of sp³-hybridized carbons (Fsp3) is 0.640. The number of hydrogen-bond donors (Lipinski definition) is 0. The lowest BCUT2D eigenvalue weighted by Gasteiger charge is -2.31. The maximum Gasteiger partial charge on any atom is 0.341 e. The van der Waals surface area contributed by atoms with E-state index in [-0.39, 0.29) is 30.4 Å². The summed E-state index contributed by atoms with van der Waals surface area (Å²) >= 11 is 0. The van der Waals surface area contributed by atoms with E-state index in [0.717, 1.165) is 61.0 Å². The molecule has 0 amide bonds. The van der Waals surface area contributed by atoms with Crippen molar-refractivity contribution < 1.29 is 4.42 Å². The molecule has 0 atom stereocenters. The number of rotatable bonds is 4. The Morgan fingerprint density at radius 1 is 0.968 bits per heavy atom. The molecule has 3 fully saturated rings. The summed E-state index contributed by atoms with van der Waals surface area (Å²) in [6, 6.07) is 6.41. The molecular formula is C25H36Cl2N2O2. The van der Waals surface area contributed by atoms with E-state index in [1.54, 1.807) is 0 Å². The van der Waals surface area contributed by atoms with Gasteiger partial charge in [0.2, 0.25) is 0 Å². The monoisotopic (exact) mass is 466 g/mol. The van der Waals surface area contributed by atoms with Crippen LogP contribution in [0.3, 0.4) is 0 Å². The molecule has 2 bridgehead atoms. The third kappa shape index (κ3) is 5.13. The van der Waals surface area contributed by atoms with E-state index in [1.807, 2.05) is 0 Å². The second kappa shape index (κ2) is 10.2. The quantitative estimate of drug-likeness (QED) is 0.577. The maximum atomic E-state index is 12.7.